The fourth-order valence-electron chi connectivity index (χ4n) is 5.39. The van der Waals surface area contributed by atoms with E-state index in [4.69, 9.17) is 0 Å². The second-order valence-electron chi connectivity index (χ2n) is 11.9. The predicted octanol–water partition coefficient (Wildman–Crippen LogP) is 6.61. The van der Waals surface area contributed by atoms with Crippen LogP contribution in [0.3, 0.4) is 0 Å². The smallest absolute Gasteiger partial charge is 0.233 e. The molecule has 2 heterocycles. The monoisotopic (exact) mass is 462 g/mol. The van der Waals surface area contributed by atoms with Gasteiger partial charge < -0.3 is 9.47 Å². The lowest BCUT2D eigenvalue weighted by Crippen LogP contribution is -2.47. The molecule has 4 heteroatoms. The van der Waals surface area contributed by atoms with Gasteiger partial charge in [-0.25, -0.2) is 0 Å². The standard InChI is InChI=1S/C30H42N2O2/c1-9-13-24(29(3,4)5)27(33)26(30(6,7)8)28(34)32-18-16-21(19-32)23-20-31(17-10-2)25-15-12-11-14-22(23)25/h9-15,20-21,24,26H,2,16-19H2,1,3-8H3. The van der Waals surface area contributed by atoms with Crippen LogP contribution in [0.15, 0.2) is 55.3 Å². The minimum Gasteiger partial charge on any atom is -0.343 e. The van der Waals surface area contributed by atoms with Gasteiger partial charge in [-0.3, -0.25) is 9.59 Å². The molecule has 1 aliphatic rings. The molecule has 0 saturated carbocycles. The minimum atomic E-state index is -0.659. The van der Waals surface area contributed by atoms with E-state index in [9.17, 15) is 9.59 Å². The van der Waals surface area contributed by atoms with E-state index in [0.717, 1.165) is 13.0 Å². The molecular formula is C30H42N2O2. The Morgan fingerprint density at radius 1 is 1.12 bits per heavy atom. The Morgan fingerprint density at radius 3 is 2.38 bits per heavy atom. The molecular weight excluding hydrogens is 420 g/mol. The number of benzene rings is 1. The lowest BCUT2D eigenvalue weighted by Gasteiger charge is -2.37. The van der Waals surface area contributed by atoms with Crippen molar-refractivity contribution in [3.8, 4) is 0 Å². The van der Waals surface area contributed by atoms with Gasteiger partial charge in [0.2, 0.25) is 5.91 Å². The van der Waals surface area contributed by atoms with E-state index in [-0.39, 0.29) is 28.9 Å². The van der Waals surface area contributed by atoms with Crippen LogP contribution in [0.1, 0.15) is 66.4 Å². The molecule has 3 rings (SSSR count). The first-order chi connectivity index (χ1) is 15.9. The summed E-state index contributed by atoms with van der Waals surface area (Å²) < 4.78 is 2.23. The Morgan fingerprint density at radius 2 is 1.79 bits per heavy atom. The maximum atomic E-state index is 13.9. The van der Waals surface area contributed by atoms with Crippen molar-refractivity contribution < 1.29 is 9.59 Å². The summed E-state index contributed by atoms with van der Waals surface area (Å²) in [7, 11) is 0. The lowest BCUT2D eigenvalue weighted by molar-refractivity contribution is -0.147. The van der Waals surface area contributed by atoms with Crippen LogP contribution in [0.4, 0.5) is 0 Å². The van der Waals surface area contributed by atoms with Crippen molar-refractivity contribution in [2.24, 2.45) is 22.7 Å². The van der Waals surface area contributed by atoms with Crippen molar-refractivity contribution in [1.29, 1.82) is 0 Å². The molecule has 3 atom stereocenters. The van der Waals surface area contributed by atoms with Crippen molar-refractivity contribution in [2.75, 3.05) is 13.1 Å². The molecule has 0 N–H and O–H groups in total. The number of Topliss-reactive ketones (excluding diaryl/α,β-unsaturated/α-hetero) is 1. The summed E-state index contributed by atoms with van der Waals surface area (Å²) in [6.07, 6.45) is 8.95. The number of likely N-dealkylation sites (tertiary alicyclic amines) is 1. The number of fused-ring (bicyclic) bond motifs is 1. The normalized spacial score (nSPS) is 19.0. The fraction of sp³-hybridized carbons (Fsp3) is 0.533. The van der Waals surface area contributed by atoms with E-state index >= 15 is 0 Å². The van der Waals surface area contributed by atoms with Crippen LogP contribution in [-0.2, 0) is 16.1 Å². The Labute approximate surface area is 205 Å². The molecule has 4 nitrogen and oxygen atoms in total. The molecule has 0 aliphatic carbocycles. The summed E-state index contributed by atoms with van der Waals surface area (Å²) in [5, 5.41) is 1.24. The van der Waals surface area contributed by atoms with Crippen molar-refractivity contribution in [2.45, 2.75) is 67.3 Å². The number of hydrogen-bond acceptors (Lipinski definition) is 2. The number of amides is 1. The van der Waals surface area contributed by atoms with Crippen molar-refractivity contribution >= 4 is 22.6 Å². The van der Waals surface area contributed by atoms with Crippen molar-refractivity contribution in [3.05, 3.63) is 60.8 Å². The molecule has 0 bridgehead atoms. The summed E-state index contributed by atoms with van der Waals surface area (Å²) in [5.74, 6) is -0.665. The molecule has 1 aromatic carbocycles. The first kappa shape index (κ1) is 26.0. The molecule has 2 aromatic rings. The Balaban J connectivity index is 1.89. The number of nitrogens with zero attached hydrogens (tertiary/aromatic N) is 2. The fourth-order valence-corrected chi connectivity index (χ4v) is 5.39. The summed E-state index contributed by atoms with van der Waals surface area (Å²) in [6, 6.07) is 8.44. The van der Waals surface area contributed by atoms with Crippen LogP contribution in [0.2, 0.25) is 0 Å². The number of para-hydroxylation sites is 1. The van der Waals surface area contributed by atoms with Gasteiger partial charge in [0.15, 0.2) is 5.78 Å². The molecule has 184 valence electrons. The highest BCUT2D eigenvalue weighted by Gasteiger charge is 2.46. The van der Waals surface area contributed by atoms with Gasteiger partial charge in [0.05, 0.1) is 0 Å². The second kappa shape index (κ2) is 9.93. The van der Waals surface area contributed by atoms with Crippen LogP contribution in [0, 0.1) is 22.7 Å². The van der Waals surface area contributed by atoms with Crippen LogP contribution < -0.4 is 0 Å². The number of aromatic nitrogens is 1. The van der Waals surface area contributed by atoms with Crippen LogP contribution in [0.5, 0.6) is 0 Å². The van der Waals surface area contributed by atoms with Gasteiger partial charge in [0.1, 0.15) is 5.92 Å². The maximum absolute atomic E-state index is 13.9. The Bertz CT molecular complexity index is 1080. The summed E-state index contributed by atoms with van der Waals surface area (Å²) in [4.78, 5) is 29.6. The highest BCUT2D eigenvalue weighted by molar-refractivity contribution is 6.04. The quantitative estimate of drug-likeness (QED) is 0.343. The van der Waals surface area contributed by atoms with Gasteiger partial charge in [-0.15, -0.1) is 6.58 Å². The van der Waals surface area contributed by atoms with Crippen molar-refractivity contribution in [3.63, 3.8) is 0 Å². The third-order valence-corrected chi connectivity index (χ3v) is 7.11. The van der Waals surface area contributed by atoms with Crippen molar-refractivity contribution in [1.82, 2.24) is 9.47 Å². The molecule has 1 amide bonds. The molecule has 0 spiro atoms. The molecule has 1 aliphatic heterocycles. The number of carbonyl (C=O) groups is 2. The third-order valence-electron chi connectivity index (χ3n) is 7.11. The van der Waals surface area contributed by atoms with Crippen LogP contribution in [-0.4, -0.2) is 34.2 Å². The maximum Gasteiger partial charge on any atom is 0.233 e. The molecule has 1 saturated heterocycles. The average Bonchev–Trinajstić information content (AvgIpc) is 3.36. The number of allylic oxidation sites excluding steroid dienone is 3. The largest absolute Gasteiger partial charge is 0.343 e. The lowest BCUT2D eigenvalue weighted by atomic mass is 9.68. The average molecular weight is 463 g/mol. The highest BCUT2D eigenvalue weighted by Crippen LogP contribution is 2.39. The number of carbonyl (C=O) groups excluding carboxylic acids is 2. The number of hydrogen-bond donors (Lipinski definition) is 0. The van der Waals surface area contributed by atoms with E-state index in [2.05, 4.69) is 62.4 Å². The summed E-state index contributed by atoms with van der Waals surface area (Å²) in [6.45, 7) is 20.2. The summed E-state index contributed by atoms with van der Waals surface area (Å²) in [5.41, 5.74) is 1.79. The van der Waals surface area contributed by atoms with Gasteiger partial charge >= 0.3 is 0 Å². The van der Waals surface area contributed by atoms with E-state index < -0.39 is 11.3 Å². The van der Waals surface area contributed by atoms with Gasteiger partial charge in [-0.2, -0.15) is 0 Å². The van der Waals surface area contributed by atoms with Gasteiger partial charge in [0.25, 0.3) is 0 Å². The molecule has 1 aromatic heterocycles. The molecule has 3 unspecified atom stereocenters. The van der Waals surface area contributed by atoms with E-state index in [0.29, 0.717) is 13.1 Å². The molecule has 0 radical (unpaired) electrons. The van der Waals surface area contributed by atoms with E-state index in [1.807, 2.05) is 50.8 Å². The van der Waals surface area contributed by atoms with E-state index in [1.54, 1.807) is 0 Å². The zero-order valence-corrected chi connectivity index (χ0v) is 22.1. The first-order valence-corrected chi connectivity index (χ1v) is 12.5. The number of ketones is 1. The first-order valence-electron chi connectivity index (χ1n) is 12.5. The Hall–Kier alpha value is -2.62. The van der Waals surface area contributed by atoms with Crippen LogP contribution >= 0.6 is 0 Å². The third kappa shape index (κ3) is 5.21. The van der Waals surface area contributed by atoms with E-state index in [1.165, 1.54) is 16.5 Å². The zero-order valence-electron chi connectivity index (χ0n) is 22.1. The summed E-state index contributed by atoms with van der Waals surface area (Å²) >= 11 is 0. The highest BCUT2D eigenvalue weighted by atomic mass is 16.2. The predicted molar refractivity (Wildman–Crippen MR) is 142 cm³/mol. The number of rotatable bonds is 7. The Kier molecular flexibility index (Phi) is 7.59. The second-order valence-corrected chi connectivity index (χ2v) is 11.9. The molecule has 1 fully saturated rings. The minimum absolute atomic E-state index is 0.0198. The van der Waals surface area contributed by atoms with Gasteiger partial charge in [0, 0.05) is 48.6 Å². The zero-order chi connectivity index (χ0) is 25.3. The van der Waals surface area contributed by atoms with Gasteiger partial charge in [-0.05, 0) is 35.8 Å². The van der Waals surface area contributed by atoms with Crippen LogP contribution in [0.25, 0.3) is 10.9 Å². The van der Waals surface area contributed by atoms with Gasteiger partial charge in [-0.1, -0.05) is 78.0 Å². The SMILES string of the molecule is C=CCn1cc(C2CCN(C(=O)C(C(=O)C(C=CC)C(C)(C)C)C(C)(C)C)C2)c2ccccc21. The topological polar surface area (TPSA) is 42.3 Å². The molecule has 34 heavy (non-hydrogen) atoms.